The largest absolute Gasteiger partial charge is 0.469 e. The fourth-order valence-corrected chi connectivity index (χ4v) is 1.75. The molecular weight excluding hydrogens is 299 g/mol. The van der Waals surface area contributed by atoms with Gasteiger partial charge in [-0.3, -0.25) is 4.79 Å². The number of carbonyl (C=O) groups excluding carboxylic acids is 1. The molecule has 22 heavy (non-hydrogen) atoms. The van der Waals surface area contributed by atoms with Crippen LogP contribution in [0.3, 0.4) is 0 Å². The lowest BCUT2D eigenvalue weighted by atomic mass is 10.2. The van der Waals surface area contributed by atoms with Gasteiger partial charge in [0.2, 0.25) is 0 Å². The van der Waals surface area contributed by atoms with Crippen LogP contribution in [0.15, 0.2) is 35.1 Å². The molecule has 1 amide bonds. The van der Waals surface area contributed by atoms with Gasteiger partial charge < -0.3 is 15.1 Å². The van der Waals surface area contributed by atoms with E-state index in [2.05, 4.69) is 15.6 Å². The molecule has 0 atom stereocenters. The molecule has 0 bridgehead atoms. The van der Waals surface area contributed by atoms with Gasteiger partial charge in [-0.15, -0.1) is 0 Å². The average Bonchev–Trinajstić information content (AvgIpc) is 2.89. The number of nitrogens with one attached hydrogen (secondary N) is 2. The summed E-state index contributed by atoms with van der Waals surface area (Å²) in [6.45, 7) is 2.31. The average molecular weight is 313 g/mol. The smallest absolute Gasteiger partial charge is 0.417 e. The summed E-state index contributed by atoms with van der Waals surface area (Å²) >= 11 is 0. The van der Waals surface area contributed by atoms with Gasteiger partial charge in [0.15, 0.2) is 0 Å². The Hall–Kier alpha value is -2.51. The van der Waals surface area contributed by atoms with E-state index in [-0.39, 0.29) is 5.91 Å². The lowest BCUT2D eigenvalue weighted by molar-refractivity contribution is -0.137. The summed E-state index contributed by atoms with van der Waals surface area (Å²) < 4.78 is 42.1. The number of hydrogen-bond donors (Lipinski definition) is 2. The van der Waals surface area contributed by atoms with Crippen molar-refractivity contribution in [3.05, 3.63) is 47.5 Å². The summed E-state index contributed by atoms with van der Waals surface area (Å²) in [6.07, 6.45) is -2.22. The van der Waals surface area contributed by atoms with Gasteiger partial charge in [-0.2, -0.15) is 13.2 Å². The summed E-state index contributed by atoms with van der Waals surface area (Å²) in [5.74, 6) is 0.560. The topological polar surface area (TPSA) is 67.2 Å². The highest BCUT2D eigenvalue weighted by atomic mass is 19.4. The van der Waals surface area contributed by atoms with Gasteiger partial charge in [-0.05, 0) is 25.1 Å². The molecule has 0 aliphatic heterocycles. The van der Waals surface area contributed by atoms with Crippen molar-refractivity contribution in [2.45, 2.75) is 13.1 Å². The van der Waals surface area contributed by atoms with Crippen molar-refractivity contribution in [3.63, 3.8) is 0 Å². The number of hydrogen-bond acceptors (Lipinski definition) is 4. The number of halogens is 3. The van der Waals surface area contributed by atoms with E-state index in [1.165, 1.54) is 12.3 Å². The first-order chi connectivity index (χ1) is 10.4. The molecule has 0 fully saturated rings. The molecule has 0 saturated carbocycles. The van der Waals surface area contributed by atoms with E-state index in [4.69, 9.17) is 4.42 Å². The van der Waals surface area contributed by atoms with Crippen molar-refractivity contribution >= 4 is 11.7 Å². The number of aromatic nitrogens is 1. The summed E-state index contributed by atoms with van der Waals surface area (Å²) in [5, 5.41) is 5.48. The van der Waals surface area contributed by atoms with Crippen LogP contribution in [0.5, 0.6) is 0 Å². The highest BCUT2D eigenvalue weighted by molar-refractivity contribution is 5.95. The van der Waals surface area contributed by atoms with Crippen LogP contribution in [0.25, 0.3) is 0 Å². The SMILES string of the molecule is Cc1occc1C(=O)NCCNc1ccc(C(F)(F)F)cn1. The van der Waals surface area contributed by atoms with Crippen molar-refractivity contribution in [2.75, 3.05) is 18.4 Å². The maximum atomic E-state index is 12.4. The summed E-state index contributed by atoms with van der Waals surface area (Å²) in [5.41, 5.74) is -0.352. The van der Waals surface area contributed by atoms with E-state index in [0.29, 0.717) is 30.2 Å². The van der Waals surface area contributed by atoms with E-state index in [1.807, 2.05) is 0 Å². The zero-order valence-electron chi connectivity index (χ0n) is 11.7. The minimum Gasteiger partial charge on any atom is -0.469 e. The van der Waals surface area contributed by atoms with Gasteiger partial charge in [-0.25, -0.2) is 4.98 Å². The molecule has 0 radical (unpaired) electrons. The Kier molecular flexibility index (Phi) is 4.69. The molecule has 2 aromatic heterocycles. The zero-order chi connectivity index (χ0) is 16.2. The summed E-state index contributed by atoms with van der Waals surface area (Å²) in [4.78, 5) is 15.4. The first kappa shape index (κ1) is 15.9. The Morgan fingerprint density at radius 2 is 2.05 bits per heavy atom. The Morgan fingerprint density at radius 1 is 1.27 bits per heavy atom. The van der Waals surface area contributed by atoms with Crippen LogP contribution in [0.1, 0.15) is 21.7 Å². The number of alkyl halides is 3. The van der Waals surface area contributed by atoms with Crippen LogP contribution in [0, 0.1) is 6.92 Å². The molecule has 0 aliphatic carbocycles. The monoisotopic (exact) mass is 313 g/mol. The quantitative estimate of drug-likeness (QED) is 0.833. The molecule has 118 valence electrons. The molecular formula is C14H14F3N3O2. The van der Waals surface area contributed by atoms with Crippen LogP contribution in [0.2, 0.25) is 0 Å². The predicted molar refractivity (Wildman–Crippen MR) is 73.5 cm³/mol. The maximum absolute atomic E-state index is 12.4. The van der Waals surface area contributed by atoms with Crippen LogP contribution in [0.4, 0.5) is 19.0 Å². The van der Waals surface area contributed by atoms with E-state index < -0.39 is 11.7 Å². The standard InChI is InChI=1S/C14H14F3N3O2/c1-9-11(4-7-22-9)13(21)19-6-5-18-12-3-2-10(8-20-12)14(15,16)17/h2-4,7-8H,5-6H2,1H3,(H,18,20)(H,19,21). The third-order valence-corrected chi connectivity index (χ3v) is 2.91. The molecule has 0 spiro atoms. The van der Waals surface area contributed by atoms with Gasteiger partial charge in [0, 0.05) is 19.3 Å². The van der Waals surface area contributed by atoms with Crippen LogP contribution < -0.4 is 10.6 Å². The second-order valence-corrected chi connectivity index (χ2v) is 4.50. The normalized spacial score (nSPS) is 11.3. The lowest BCUT2D eigenvalue weighted by Crippen LogP contribution is -2.29. The van der Waals surface area contributed by atoms with Gasteiger partial charge in [0.25, 0.3) is 5.91 Å². The third-order valence-electron chi connectivity index (χ3n) is 2.91. The number of nitrogens with zero attached hydrogens (tertiary/aromatic N) is 1. The van der Waals surface area contributed by atoms with E-state index in [9.17, 15) is 18.0 Å². The molecule has 5 nitrogen and oxygen atoms in total. The lowest BCUT2D eigenvalue weighted by Gasteiger charge is -2.09. The fraction of sp³-hybridized carbons (Fsp3) is 0.286. The van der Waals surface area contributed by atoms with Crippen molar-refractivity contribution in [3.8, 4) is 0 Å². The number of pyridine rings is 1. The maximum Gasteiger partial charge on any atom is 0.417 e. The summed E-state index contributed by atoms with van der Waals surface area (Å²) in [6, 6.07) is 3.75. The van der Waals surface area contributed by atoms with Gasteiger partial charge >= 0.3 is 6.18 Å². The third kappa shape index (κ3) is 4.00. The highest BCUT2D eigenvalue weighted by Gasteiger charge is 2.30. The van der Waals surface area contributed by atoms with Crippen molar-refractivity contribution < 1.29 is 22.4 Å². The number of amides is 1. The molecule has 0 unspecified atom stereocenters. The molecule has 0 aromatic carbocycles. The van der Waals surface area contributed by atoms with E-state index in [1.54, 1.807) is 13.0 Å². The molecule has 2 rings (SSSR count). The highest BCUT2D eigenvalue weighted by Crippen LogP contribution is 2.28. The van der Waals surface area contributed by atoms with Gasteiger partial charge in [-0.1, -0.05) is 0 Å². The number of anilines is 1. The number of furan rings is 1. The van der Waals surface area contributed by atoms with Crippen LogP contribution in [-0.2, 0) is 6.18 Å². The zero-order valence-corrected chi connectivity index (χ0v) is 11.7. The summed E-state index contributed by atoms with van der Waals surface area (Å²) in [7, 11) is 0. The first-order valence-electron chi connectivity index (χ1n) is 6.47. The van der Waals surface area contributed by atoms with Gasteiger partial charge in [0.1, 0.15) is 11.6 Å². The van der Waals surface area contributed by atoms with Crippen molar-refractivity contribution in [1.29, 1.82) is 0 Å². The van der Waals surface area contributed by atoms with Crippen molar-refractivity contribution in [2.24, 2.45) is 0 Å². The predicted octanol–water partition coefficient (Wildman–Crippen LogP) is 2.84. The Balaban J connectivity index is 1.77. The number of rotatable bonds is 5. The second kappa shape index (κ2) is 6.50. The second-order valence-electron chi connectivity index (χ2n) is 4.50. The number of aryl methyl sites for hydroxylation is 1. The van der Waals surface area contributed by atoms with Gasteiger partial charge in [0.05, 0.1) is 17.4 Å². The molecule has 2 aromatic rings. The first-order valence-corrected chi connectivity index (χ1v) is 6.47. The van der Waals surface area contributed by atoms with Crippen molar-refractivity contribution in [1.82, 2.24) is 10.3 Å². The van der Waals surface area contributed by atoms with E-state index >= 15 is 0 Å². The molecule has 0 aliphatic rings. The Labute approximate surface area is 124 Å². The minimum atomic E-state index is -4.40. The number of carbonyl (C=O) groups is 1. The Morgan fingerprint density at radius 3 is 2.59 bits per heavy atom. The Bertz CT molecular complexity index is 636. The molecule has 8 heteroatoms. The van der Waals surface area contributed by atoms with Crippen LogP contribution >= 0.6 is 0 Å². The van der Waals surface area contributed by atoms with E-state index in [0.717, 1.165) is 12.3 Å². The minimum absolute atomic E-state index is 0.270. The molecule has 0 saturated heterocycles. The molecule has 2 heterocycles. The van der Waals surface area contributed by atoms with Crippen LogP contribution in [-0.4, -0.2) is 24.0 Å². The fourth-order valence-electron chi connectivity index (χ4n) is 1.75. The molecule has 2 N–H and O–H groups in total.